The van der Waals surface area contributed by atoms with E-state index in [-0.39, 0.29) is 11.9 Å². The van der Waals surface area contributed by atoms with Crippen LogP contribution in [-0.4, -0.2) is 21.7 Å². The second-order valence-corrected chi connectivity index (χ2v) is 8.57. The molecule has 1 aromatic heterocycles. The molecule has 4 rings (SSSR count). The van der Waals surface area contributed by atoms with Crippen molar-refractivity contribution in [3.05, 3.63) is 94.5 Å². The highest BCUT2D eigenvalue weighted by Gasteiger charge is 2.13. The topological polar surface area (TPSA) is 81.1 Å². The number of ketones is 1. The van der Waals surface area contributed by atoms with E-state index in [2.05, 4.69) is 30.4 Å². The molecule has 7 heteroatoms. The fourth-order valence-electron chi connectivity index (χ4n) is 3.64. The van der Waals surface area contributed by atoms with Crippen molar-refractivity contribution in [1.29, 1.82) is 0 Å². The minimum absolute atomic E-state index is 0.169. The number of nitrogens with zero attached hydrogens (tertiary/aromatic N) is 2. The van der Waals surface area contributed by atoms with E-state index in [1.54, 1.807) is 0 Å². The van der Waals surface area contributed by atoms with Crippen LogP contribution in [0.15, 0.2) is 72.8 Å². The van der Waals surface area contributed by atoms with Gasteiger partial charge in [0.05, 0.1) is 11.4 Å². The van der Waals surface area contributed by atoms with Crippen molar-refractivity contribution in [2.75, 3.05) is 5.32 Å². The van der Waals surface area contributed by atoms with Crippen molar-refractivity contribution in [1.82, 2.24) is 9.78 Å². The van der Waals surface area contributed by atoms with E-state index in [0.717, 1.165) is 46.0 Å². The van der Waals surface area contributed by atoms with Gasteiger partial charge in [0.2, 0.25) is 0 Å². The molecule has 4 aromatic rings. The Kier molecular flexibility index (Phi) is 8.74. The molecule has 0 spiro atoms. The summed E-state index contributed by atoms with van der Waals surface area (Å²) in [4.78, 5) is 28.4. The molecule has 0 unspecified atom stereocenters. The van der Waals surface area contributed by atoms with Crippen molar-refractivity contribution < 1.29 is 14.4 Å². The van der Waals surface area contributed by atoms with Gasteiger partial charge in [-0.25, -0.2) is 4.68 Å². The van der Waals surface area contributed by atoms with Gasteiger partial charge in [-0.2, -0.15) is 14.7 Å². The minimum Gasteiger partial charge on any atom is -0.340 e. The van der Waals surface area contributed by atoms with Crippen molar-refractivity contribution in [3.63, 3.8) is 0 Å². The number of aryl methyl sites for hydroxylation is 2. The lowest BCUT2D eigenvalue weighted by atomic mass is 10.1. The molecule has 3 aromatic carbocycles. The van der Waals surface area contributed by atoms with Gasteiger partial charge in [0.25, 0.3) is 0 Å². The molecule has 0 aliphatic rings. The average Bonchev–Trinajstić information content (AvgIpc) is 3.24. The summed E-state index contributed by atoms with van der Waals surface area (Å²) < 4.78 is 1.89. The second-order valence-electron chi connectivity index (χ2n) is 8.14. The molecule has 35 heavy (non-hydrogen) atoms. The van der Waals surface area contributed by atoms with Crippen LogP contribution in [0.5, 0.6) is 0 Å². The van der Waals surface area contributed by atoms with Crippen LogP contribution < -0.4 is 5.32 Å². The number of carbonyl (C=O) groups is 1. The van der Waals surface area contributed by atoms with Crippen LogP contribution in [-0.2, 0) is 9.59 Å². The van der Waals surface area contributed by atoms with Gasteiger partial charge in [-0.05, 0) is 80.4 Å². The smallest absolute Gasteiger partial charge is 0.340 e. The van der Waals surface area contributed by atoms with Crippen LogP contribution in [0.2, 0.25) is 5.02 Å². The van der Waals surface area contributed by atoms with Gasteiger partial charge < -0.3 is 5.32 Å². The maximum absolute atomic E-state index is 12.2. The van der Waals surface area contributed by atoms with E-state index in [1.807, 2.05) is 73.1 Å². The number of anilines is 2. The highest BCUT2D eigenvalue weighted by molar-refractivity contribution is 6.30. The first-order valence-corrected chi connectivity index (χ1v) is 11.6. The maximum atomic E-state index is 12.2. The molecule has 0 saturated heterocycles. The number of hydrogen-bond donors (Lipinski definition) is 1. The van der Waals surface area contributed by atoms with Crippen LogP contribution >= 0.6 is 11.6 Å². The molecule has 6 nitrogen and oxygen atoms in total. The summed E-state index contributed by atoms with van der Waals surface area (Å²) in [6.07, 6.45) is 1.66. The molecule has 0 aliphatic heterocycles. The molecule has 0 saturated carbocycles. The van der Waals surface area contributed by atoms with Crippen LogP contribution in [0.1, 0.15) is 41.3 Å². The van der Waals surface area contributed by atoms with Gasteiger partial charge in [-0.3, -0.25) is 4.79 Å². The summed E-state index contributed by atoms with van der Waals surface area (Å²) in [5, 5.41) is 9.02. The molecular formula is C28H26ClN3O3. The van der Waals surface area contributed by atoms with Gasteiger partial charge in [0.15, 0.2) is 5.78 Å². The molecule has 0 atom stereocenters. The lowest BCUT2D eigenvalue weighted by Gasteiger charge is -2.10. The number of rotatable bonds is 7. The Bertz CT molecular complexity index is 1320. The summed E-state index contributed by atoms with van der Waals surface area (Å²) in [6.45, 7) is 6.10. The van der Waals surface area contributed by atoms with Gasteiger partial charge in [-0.1, -0.05) is 36.2 Å². The Hall–Kier alpha value is -3.99. The number of halogens is 1. The SMILES string of the molecule is CCCC(=O)c1ccc(Nc2cc(-c3cc(C)cc(Cl)c3)nn2-c2ccc(C)cc2)cc1.O=C=O. The van der Waals surface area contributed by atoms with Gasteiger partial charge in [0.1, 0.15) is 5.82 Å². The van der Waals surface area contributed by atoms with Crippen LogP contribution in [0, 0.1) is 13.8 Å². The predicted molar refractivity (Wildman–Crippen MR) is 137 cm³/mol. The zero-order chi connectivity index (χ0) is 25.4. The van der Waals surface area contributed by atoms with Gasteiger partial charge in [-0.15, -0.1) is 0 Å². The highest BCUT2D eigenvalue weighted by Crippen LogP contribution is 2.29. The Morgan fingerprint density at radius 3 is 2.20 bits per heavy atom. The lowest BCUT2D eigenvalue weighted by Crippen LogP contribution is -2.03. The molecular weight excluding hydrogens is 462 g/mol. The fraction of sp³-hybridized carbons (Fsp3) is 0.179. The van der Waals surface area contributed by atoms with Crippen molar-refractivity contribution in [2.45, 2.75) is 33.6 Å². The highest BCUT2D eigenvalue weighted by atomic mass is 35.5. The summed E-state index contributed by atoms with van der Waals surface area (Å²) in [7, 11) is 0. The third kappa shape index (κ3) is 6.76. The number of benzene rings is 3. The van der Waals surface area contributed by atoms with Crippen LogP contribution in [0.25, 0.3) is 16.9 Å². The lowest BCUT2D eigenvalue weighted by molar-refractivity contribution is -0.191. The Labute approximate surface area is 209 Å². The standard InChI is InChI=1S/C27H26ClN3O.CO2/c1-4-5-26(32)20-8-10-23(11-9-20)29-27-17-25(21-14-19(3)15-22(28)16-21)30-31(27)24-12-6-18(2)7-13-24;2-1-3/h6-17,29H,4-5H2,1-3H3;. The quantitative estimate of drug-likeness (QED) is 0.285. The Morgan fingerprint density at radius 1 is 0.943 bits per heavy atom. The Balaban J connectivity index is 0.00000108. The first-order valence-electron chi connectivity index (χ1n) is 11.2. The second kappa shape index (κ2) is 11.9. The van der Waals surface area contributed by atoms with E-state index in [9.17, 15) is 4.79 Å². The molecule has 1 N–H and O–H groups in total. The minimum atomic E-state index is 0.169. The van der Waals surface area contributed by atoms with E-state index < -0.39 is 0 Å². The largest absolute Gasteiger partial charge is 0.373 e. The maximum Gasteiger partial charge on any atom is 0.373 e. The molecule has 0 fully saturated rings. The van der Waals surface area contributed by atoms with Crippen molar-refractivity contribution >= 4 is 35.0 Å². The summed E-state index contributed by atoms with van der Waals surface area (Å²) in [6, 6.07) is 23.8. The predicted octanol–water partition coefficient (Wildman–Crippen LogP) is 6.95. The van der Waals surface area contributed by atoms with E-state index in [1.165, 1.54) is 5.56 Å². The van der Waals surface area contributed by atoms with Gasteiger partial charge >= 0.3 is 6.15 Å². The van der Waals surface area contributed by atoms with E-state index in [0.29, 0.717) is 11.4 Å². The first-order chi connectivity index (χ1) is 16.8. The number of aromatic nitrogens is 2. The number of Topliss-reactive ketones (excluding diaryl/α,β-unsaturated/α-hetero) is 1. The normalized spacial score (nSPS) is 10.2. The summed E-state index contributed by atoms with van der Waals surface area (Å²) in [5.41, 5.74) is 6.64. The van der Waals surface area contributed by atoms with Crippen LogP contribution in [0.4, 0.5) is 11.5 Å². The Morgan fingerprint density at radius 2 is 1.60 bits per heavy atom. The molecule has 0 bridgehead atoms. The van der Waals surface area contributed by atoms with E-state index in [4.69, 9.17) is 26.3 Å². The summed E-state index contributed by atoms with van der Waals surface area (Å²) in [5.74, 6) is 0.997. The monoisotopic (exact) mass is 487 g/mol. The molecule has 178 valence electrons. The molecule has 0 aliphatic carbocycles. The van der Waals surface area contributed by atoms with Crippen molar-refractivity contribution in [3.8, 4) is 16.9 Å². The third-order valence-electron chi connectivity index (χ3n) is 5.28. The fourth-order valence-corrected chi connectivity index (χ4v) is 3.93. The third-order valence-corrected chi connectivity index (χ3v) is 5.50. The summed E-state index contributed by atoms with van der Waals surface area (Å²) >= 11 is 6.30. The molecule has 0 radical (unpaired) electrons. The molecule has 0 amide bonds. The van der Waals surface area contributed by atoms with E-state index >= 15 is 0 Å². The number of hydrogen-bond acceptors (Lipinski definition) is 5. The number of carbonyl (C=O) groups excluding carboxylic acids is 3. The zero-order valence-electron chi connectivity index (χ0n) is 19.8. The average molecular weight is 488 g/mol. The van der Waals surface area contributed by atoms with Crippen LogP contribution in [0.3, 0.4) is 0 Å². The zero-order valence-corrected chi connectivity index (χ0v) is 20.6. The van der Waals surface area contributed by atoms with Crippen molar-refractivity contribution in [2.24, 2.45) is 0 Å². The molecule has 1 heterocycles. The van der Waals surface area contributed by atoms with Gasteiger partial charge in [0, 0.05) is 34.3 Å². The first kappa shape index (κ1) is 25.6. The number of nitrogens with one attached hydrogen (secondary N) is 1.